The molecule has 0 aromatic carbocycles. The van der Waals surface area contributed by atoms with Crippen molar-refractivity contribution in [3.05, 3.63) is 0 Å². The summed E-state index contributed by atoms with van der Waals surface area (Å²) in [6.07, 6.45) is -4.04. The molecule has 0 heterocycles. The summed E-state index contributed by atoms with van der Waals surface area (Å²) in [7, 11) is 0. The Morgan fingerprint density at radius 2 is 2.06 bits per heavy atom. The molecule has 0 aliphatic rings. The number of ether oxygens (including phenoxy) is 1. The molecule has 0 rings (SSSR count). The molecule has 0 radical (unpaired) electrons. The van der Waals surface area contributed by atoms with Gasteiger partial charge in [-0.2, -0.15) is 13.2 Å². The molecule has 0 aliphatic heterocycles. The standard InChI is InChI=1S/C10H19F3N2O2/c1-3-17-6-4-5-15(7-10(11,12)13)9(16)8(2)14/h8H,3-7,14H2,1-2H3/t8-/m1/s1. The molecule has 0 aliphatic carbocycles. The fourth-order valence-corrected chi connectivity index (χ4v) is 1.27. The van der Waals surface area contributed by atoms with E-state index in [1.54, 1.807) is 6.92 Å². The van der Waals surface area contributed by atoms with E-state index >= 15 is 0 Å². The minimum atomic E-state index is -4.41. The summed E-state index contributed by atoms with van der Waals surface area (Å²) < 4.78 is 41.7. The van der Waals surface area contributed by atoms with Gasteiger partial charge >= 0.3 is 6.18 Å². The van der Waals surface area contributed by atoms with Gasteiger partial charge in [0.15, 0.2) is 0 Å². The van der Waals surface area contributed by atoms with Gasteiger partial charge in [0.2, 0.25) is 5.91 Å². The number of hydrogen-bond donors (Lipinski definition) is 1. The third kappa shape index (κ3) is 7.98. The maximum Gasteiger partial charge on any atom is 0.406 e. The van der Waals surface area contributed by atoms with E-state index in [0.717, 1.165) is 4.90 Å². The fraction of sp³-hybridized carbons (Fsp3) is 0.900. The van der Waals surface area contributed by atoms with E-state index in [1.165, 1.54) is 6.92 Å². The van der Waals surface area contributed by atoms with Crippen LogP contribution in [0.1, 0.15) is 20.3 Å². The van der Waals surface area contributed by atoms with Gasteiger partial charge in [-0.1, -0.05) is 0 Å². The number of nitrogens with zero attached hydrogens (tertiary/aromatic N) is 1. The molecule has 0 saturated carbocycles. The van der Waals surface area contributed by atoms with Crippen LogP contribution in [-0.2, 0) is 9.53 Å². The van der Waals surface area contributed by atoms with Crippen molar-refractivity contribution >= 4 is 5.91 Å². The molecular weight excluding hydrogens is 237 g/mol. The quantitative estimate of drug-likeness (QED) is 0.695. The van der Waals surface area contributed by atoms with Gasteiger partial charge in [-0.25, -0.2) is 0 Å². The highest BCUT2D eigenvalue weighted by atomic mass is 19.4. The topological polar surface area (TPSA) is 55.6 Å². The van der Waals surface area contributed by atoms with Crippen molar-refractivity contribution in [2.75, 3.05) is 26.3 Å². The molecule has 1 amide bonds. The molecule has 0 fully saturated rings. The van der Waals surface area contributed by atoms with E-state index in [2.05, 4.69) is 0 Å². The lowest BCUT2D eigenvalue weighted by Crippen LogP contribution is -2.46. The Kier molecular flexibility index (Phi) is 7.13. The van der Waals surface area contributed by atoms with Crippen molar-refractivity contribution in [1.82, 2.24) is 4.90 Å². The van der Waals surface area contributed by atoms with Crippen LogP contribution in [0.4, 0.5) is 13.2 Å². The molecule has 4 nitrogen and oxygen atoms in total. The van der Waals surface area contributed by atoms with E-state index < -0.39 is 24.7 Å². The summed E-state index contributed by atoms with van der Waals surface area (Å²) in [4.78, 5) is 12.2. The highest BCUT2D eigenvalue weighted by molar-refractivity contribution is 5.81. The van der Waals surface area contributed by atoms with Crippen LogP contribution in [0.2, 0.25) is 0 Å². The van der Waals surface area contributed by atoms with Crippen molar-refractivity contribution in [2.45, 2.75) is 32.5 Å². The fourth-order valence-electron chi connectivity index (χ4n) is 1.27. The first-order valence-corrected chi connectivity index (χ1v) is 5.46. The Bertz CT molecular complexity index is 232. The Hall–Kier alpha value is -0.820. The largest absolute Gasteiger partial charge is 0.406 e. The Morgan fingerprint density at radius 3 is 2.47 bits per heavy atom. The summed E-state index contributed by atoms with van der Waals surface area (Å²) in [5.41, 5.74) is 5.30. The smallest absolute Gasteiger partial charge is 0.382 e. The molecule has 1 atom stereocenters. The van der Waals surface area contributed by atoms with Crippen molar-refractivity contribution in [3.8, 4) is 0 Å². The number of carbonyl (C=O) groups excluding carboxylic acids is 1. The van der Waals surface area contributed by atoms with Crippen molar-refractivity contribution in [3.63, 3.8) is 0 Å². The SMILES string of the molecule is CCOCCCN(CC(F)(F)F)C(=O)[C@@H](C)N. The number of nitrogens with two attached hydrogens (primary N) is 1. The maximum atomic E-state index is 12.2. The Balaban J connectivity index is 4.26. The van der Waals surface area contributed by atoms with E-state index in [-0.39, 0.29) is 6.54 Å². The predicted molar refractivity (Wildman–Crippen MR) is 57.4 cm³/mol. The lowest BCUT2D eigenvalue weighted by molar-refractivity contribution is -0.162. The van der Waals surface area contributed by atoms with Crippen molar-refractivity contribution in [2.24, 2.45) is 5.73 Å². The van der Waals surface area contributed by atoms with Gasteiger partial charge in [0.1, 0.15) is 6.54 Å². The number of carbonyl (C=O) groups is 1. The zero-order valence-corrected chi connectivity index (χ0v) is 10.1. The van der Waals surface area contributed by atoms with E-state index in [0.29, 0.717) is 19.6 Å². The van der Waals surface area contributed by atoms with Gasteiger partial charge in [-0.3, -0.25) is 4.79 Å². The normalized spacial score (nSPS) is 13.5. The molecule has 0 saturated heterocycles. The summed E-state index contributed by atoms with van der Waals surface area (Å²) >= 11 is 0. The van der Waals surface area contributed by atoms with E-state index in [4.69, 9.17) is 10.5 Å². The summed E-state index contributed by atoms with van der Waals surface area (Å²) in [5.74, 6) is -0.696. The summed E-state index contributed by atoms with van der Waals surface area (Å²) in [5, 5.41) is 0. The number of hydrogen-bond acceptors (Lipinski definition) is 3. The van der Waals surface area contributed by atoms with Crippen molar-refractivity contribution < 1.29 is 22.7 Å². The molecule has 0 aromatic heterocycles. The van der Waals surface area contributed by atoms with Gasteiger partial charge in [0, 0.05) is 19.8 Å². The third-order valence-electron chi connectivity index (χ3n) is 1.99. The second-order valence-electron chi connectivity index (χ2n) is 3.71. The van der Waals surface area contributed by atoms with Crippen LogP contribution in [0.25, 0.3) is 0 Å². The van der Waals surface area contributed by atoms with Gasteiger partial charge in [0.05, 0.1) is 6.04 Å². The lowest BCUT2D eigenvalue weighted by Gasteiger charge is -2.25. The second-order valence-corrected chi connectivity index (χ2v) is 3.71. The first kappa shape index (κ1) is 16.2. The van der Waals surface area contributed by atoms with Crippen LogP contribution < -0.4 is 5.73 Å². The molecule has 0 aromatic rings. The highest BCUT2D eigenvalue weighted by Crippen LogP contribution is 2.17. The first-order valence-electron chi connectivity index (χ1n) is 5.46. The van der Waals surface area contributed by atoms with Crippen LogP contribution >= 0.6 is 0 Å². The van der Waals surface area contributed by atoms with E-state index in [1.807, 2.05) is 0 Å². The number of halogens is 3. The van der Waals surface area contributed by atoms with Gasteiger partial charge in [0.25, 0.3) is 0 Å². The van der Waals surface area contributed by atoms with Crippen molar-refractivity contribution in [1.29, 1.82) is 0 Å². The third-order valence-corrected chi connectivity index (χ3v) is 1.99. The van der Waals surface area contributed by atoms with Gasteiger partial charge in [-0.15, -0.1) is 0 Å². The number of rotatable bonds is 7. The predicted octanol–water partition coefficient (Wildman–Crippen LogP) is 1.15. The minimum absolute atomic E-state index is 0.000116. The second kappa shape index (κ2) is 7.50. The molecule has 2 N–H and O–H groups in total. The van der Waals surface area contributed by atoms with Gasteiger partial charge in [-0.05, 0) is 20.3 Å². The highest BCUT2D eigenvalue weighted by Gasteiger charge is 2.33. The molecule has 0 unspecified atom stereocenters. The summed E-state index contributed by atoms with van der Waals surface area (Å²) in [6.45, 7) is 2.73. The molecule has 0 bridgehead atoms. The maximum absolute atomic E-state index is 12.2. The summed E-state index contributed by atoms with van der Waals surface area (Å²) in [6, 6.07) is -0.926. The Morgan fingerprint density at radius 1 is 1.47 bits per heavy atom. The molecule has 17 heavy (non-hydrogen) atoms. The average molecular weight is 256 g/mol. The Labute approximate surface area is 98.9 Å². The van der Waals surface area contributed by atoms with Gasteiger partial charge < -0.3 is 15.4 Å². The number of amides is 1. The molecule has 0 spiro atoms. The lowest BCUT2D eigenvalue weighted by atomic mass is 10.2. The van der Waals surface area contributed by atoms with E-state index in [9.17, 15) is 18.0 Å². The van der Waals surface area contributed by atoms with Crippen LogP contribution in [0, 0.1) is 0 Å². The molecule has 7 heteroatoms. The molecule has 102 valence electrons. The zero-order chi connectivity index (χ0) is 13.5. The average Bonchev–Trinajstić information content (AvgIpc) is 2.19. The number of alkyl halides is 3. The monoisotopic (exact) mass is 256 g/mol. The van der Waals surface area contributed by atoms with Crippen LogP contribution in [0.3, 0.4) is 0 Å². The van der Waals surface area contributed by atoms with Crippen LogP contribution in [0.15, 0.2) is 0 Å². The molecular formula is C10H19F3N2O2. The zero-order valence-electron chi connectivity index (χ0n) is 10.1. The van der Waals surface area contributed by atoms with Crippen LogP contribution in [0.5, 0.6) is 0 Å². The first-order chi connectivity index (χ1) is 7.78. The van der Waals surface area contributed by atoms with Crippen LogP contribution in [-0.4, -0.2) is 49.3 Å². The minimum Gasteiger partial charge on any atom is -0.382 e.